The van der Waals surface area contributed by atoms with Crippen LogP contribution in [0.25, 0.3) is 0 Å². The number of hydrogen-bond acceptors (Lipinski definition) is 3. The van der Waals surface area contributed by atoms with E-state index in [1.54, 1.807) is 6.07 Å². The van der Waals surface area contributed by atoms with Crippen molar-refractivity contribution in [3.63, 3.8) is 0 Å². The van der Waals surface area contributed by atoms with Gasteiger partial charge in [-0.15, -0.1) is 0 Å². The Labute approximate surface area is 52.2 Å². The summed E-state index contributed by atoms with van der Waals surface area (Å²) in [5.74, 6) is 0. The van der Waals surface area contributed by atoms with Crippen LogP contribution in [-0.2, 0) is 16.1 Å². The zero-order valence-electron chi connectivity index (χ0n) is 4.74. The van der Waals surface area contributed by atoms with E-state index in [4.69, 9.17) is 4.42 Å². The van der Waals surface area contributed by atoms with Gasteiger partial charge >= 0.3 is 0 Å². The van der Waals surface area contributed by atoms with Gasteiger partial charge < -0.3 is 9.15 Å². The van der Waals surface area contributed by atoms with Gasteiger partial charge in [-0.1, -0.05) is 0 Å². The predicted molar refractivity (Wildman–Crippen MR) is 29.6 cm³/mol. The van der Waals surface area contributed by atoms with Gasteiger partial charge in [0.2, 0.25) is 0 Å². The van der Waals surface area contributed by atoms with Crippen LogP contribution in [0.2, 0.25) is 0 Å². The van der Waals surface area contributed by atoms with Crippen molar-refractivity contribution in [3.8, 4) is 0 Å². The molecular formula is C6H6O3. The molecule has 0 fully saturated rings. The summed E-state index contributed by atoms with van der Waals surface area (Å²) in [6, 6.07) is 1.74. The Kier molecular flexibility index (Phi) is 1.90. The third-order valence-electron chi connectivity index (χ3n) is 0.898. The van der Waals surface area contributed by atoms with Crippen molar-refractivity contribution in [1.29, 1.82) is 0 Å². The summed E-state index contributed by atoms with van der Waals surface area (Å²) in [4.78, 5) is 9.65. The number of carbonyl (C=O) groups is 1. The Morgan fingerprint density at radius 1 is 1.78 bits per heavy atom. The van der Waals surface area contributed by atoms with Crippen molar-refractivity contribution < 1.29 is 13.9 Å². The minimum absolute atomic E-state index is 0.292. The summed E-state index contributed by atoms with van der Waals surface area (Å²) in [7, 11) is 0. The fourth-order valence-corrected chi connectivity index (χ4v) is 0.505. The molecule has 0 spiro atoms. The maximum atomic E-state index is 9.65. The molecule has 0 aliphatic heterocycles. The standard InChI is InChI=1S/C6H6O3/c7-5-9-4-6-1-2-8-3-6/h1-3,5H,4H2. The van der Waals surface area contributed by atoms with E-state index in [1.165, 1.54) is 12.5 Å². The average Bonchev–Trinajstić information content (AvgIpc) is 2.34. The van der Waals surface area contributed by atoms with Gasteiger partial charge in [0, 0.05) is 5.56 Å². The van der Waals surface area contributed by atoms with Gasteiger partial charge in [-0.2, -0.15) is 0 Å². The van der Waals surface area contributed by atoms with Crippen LogP contribution in [-0.4, -0.2) is 6.47 Å². The maximum absolute atomic E-state index is 9.65. The zero-order chi connectivity index (χ0) is 6.53. The molecule has 0 radical (unpaired) electrons. The van der Waals surface area contributed by atoms with Crippen LogP contribution in [0.1, 0.15) is 5.56 Å². The highest BCUT2D eigenvalue weighted by atomic mass is 16.5. The fourth-order valence-electron chi connectivity index (χ4n) is 0.505. The van der Waals surface area contributed by atoms with Crippen LogP contribution in [0.5, 0.6) is 0 Å². The molecule has 0 saturated carbocycles. The molecule has 3 nitrogen and oxygen atoms in total. The summed E-state index contributed by atoms with van der Waals surface area (Å²) >= 11 is 0. The minimum Gasteiger partial charge on any atom is -0.472 e. The Bertz CT molecular complexity index is 166. The summed E-state index contributed by atoms with van der Waals surface area (Å²) in [5, 5.41) is 0. The second kappa shape index (κ2) is 2.91. The van der Waals surface area contributed by atoms with Gasteiger partial charge in [0.1, 0.15) is 6.61 Å². The van der Waals surface area contributed by atoms with E-state index in [-0.39, 0.29) is 0 Å². The Morgan fingerprint density at radius 2 is 2.67 bits per heavy atom. The van der Waals surface area contributed by atoms with Gasteiger partial charge in [0.05, 0.1) is 12.5 Å². The van der Waals surface area contributed by atoms with Crippen LogP contribution >= 0.6 is 0 Å². The molecule has 0 unspecified atom stereocenters. The molecule has 0 aliphatic carbocycles. The molecule has 3 heteroatoms. The lowest BCUT2D eigenvalue weighted by molar-refractivity contribution is -0.129. The van der Waals surface area contributed by atoms with Gasteiger partial charge in [0.25, 0.3) is 6.47 Å². The van der Waals surface area contributed by atoms with Gasteiger partial charge in [-0.25, -0.2) is 0 Å². The lowest BCUT2D eigenvalue weighted by Crippen LogP contribution is -1.85. The molecule has 0 bridgehead atoms. The van der Waals surface area contributed by atoms with E-state index in [9.17, 15) is 4.79 Å². The van der Waals surface area contributed by atoms with Crippen LogP contribution in [0.3, 0.4) is 0 Å². The Morgan fingerprint density at radius 3 is 3.22 bits per heavy atom. The smallest absolute Gasteiger partial charge is 0.293 e. The van der Waals surface area contributed by atoms with Crippen LogP contribution in [0, 0.1) is 0 Å². The first-order chi connectivity index (χ1) is 4.43. The molecule has 0 saturated heterocycles. The van der Waals surface area contributed by atoms with Gasteiger partial charge in [-0.3, -0.25) is 4.79 Å². The predicted octanol–water partition coefficient (Wildman–Crippen LogP) is 0.953. The molecule has 9 heavy (non-hydrogen) atoms. The van der Waals surface area contributed by atoms with E-state index < -0.39 is 0 Å². The first kappa shape index (κ1) is 5.88. The maximum Gasteiger partial charge on any atom is 0.293 e. The number of ether oxygens (including phenoxy) is 1. The zero-order valence-corrected chi connectivity index (χ0v) is 4.74. The number of carbonyl (C=O) groups excluding carboxylic acids is 1. The second-order valence-electron chi connectivity index (χ2n) is 1.54. The van der Waals surface area contributed by atoms with Crippen molar-refractivity contribution in [2.45, 2.75) is 6.61 Å². The third kappa shape index (κ3) is 1.60. The topological polar surface area (TPSA) is 39.4 Å². The van der Waals surface area contributed by atoms with E-state index in [1.807, 2.05) is 0 Å². The van der Waals surface area contributed by atoms with Crippen LogP contribution in [0.4, 0.5) is 0 Å². The van der Waals surface area contributed by atoms with E-state index in [0.29, 0.717) is 13.1 Å². The largest absolute Gasteiger partial charge is 0.472 e. The molecule has 0 aromatic carbocycles. The van der Waals surface area contributed by atoms with Crippen LogP contribution < -0.4 is 0 Å². The highest BCUT2D eigenvalue weighted by Gasteiger charge is 1.90. The van der Waals surface area contributed by atoms with Gasteiger partial charge in [0.15, 0.2) is 0 Å². The summed E-state index contributed by atoms with van der Waals surface area (Å²) in [6.07, 6.45) is 3.06. The molecule has 0 amide bonds. The minimum atomic E-state index is 0.292. The monoisotopic (exact) mass is 126 g/mol. The van der Waals surface area contributed by atoms with Crippen molar-refractivity contribution >= 4 is 6.47 Å². The van der Waals surface area contributed by atoms with Crippen LogP contribution in [0.15, 0.2) is 23.0 Å². The Hall–Kier alpha value is -1.25. The molecule has 1 heterocycles. The lowest BCUT2D eigenvalue weighted by Gasteiger charge is -1.89. The first-order valence-corrected chi connectivity index (χ1v) is 2.50. The molecule has 48 valence electrons. The van der Waals surface area contributed by atoms with Crippen molar-refractivity contribution in [1.82, 2.24) is 0 Å². The fraction of sp³-hybridized carbons (Fsp3) is 0.167. The molecular weight excluding hydrogens is 120 g/mol. The molecule has 1 aromatic heterocycles. The lowest BCUT2D eigenvalue weighted by atomic mass is 10.4. The average molecular weight is 126 g/mol. The summed E-state index contributed by atoms with van der Waals surface area (Å²) < 4.78 is 9.15. The number of hydrogen-bond donors (Lipinski definition) is 0. The normalized spacial score (nSPS) is 8.89. The van der Waals surface area contributed by atoms with Crippen molar-refractivity contribution in [2.24, 2.45) is 0 Å². The molecule has 1 aromatic rings. The Balaban J connectivity index is 2.38. The molecule has 0 N–H and O–H groups in total. The molecule has 1 rings (SSSR count). The number of furan rings is 1. The van der Waals surface area contributed by atoms with Crippen molar-refractivity contribution in [2.75, 3.05) is 0 Å². The number of rotatable bonds is 3. The second-order valence-corrected chi connectivity index (χ2v) is 1.54. The van der Waals surface area contributed by atoms with E-state index >= 15 is 0 Å². The summed E-state index contributed by atoms with van der Waals surface area (Å²) in [6.45, 7) is 0.701. The molecule has 0 aliphatic rings. The van der Waals surface area contributed by atoms with E-state index in [2.05, 4.69) is 4.74 Å². The highest BCUT2D eigenvalue weighted by molar-refractivity contribution is 5.37. The summed E-state index contributed by atoms with van der Waals surface area (Å²) in [5.41, 5.74) is 0.863. The highest BCUT2D eigenvalue weighted by Crippen LogP contribution is 1.99. The first-order valence-electron chi connectivity index (χ1n) is 2.50. The SMILES string of the molecule is O=COCc1ccoc1. The quantitative estimate of drug-likeness (QED) is 0.566. The molecule has 0 atom stereocenters. The third-order valence-corrected chi connectivity index (χ3v) is 0.898. The van der Waals surface area contributed by atoms with Crippen molar-refractivity contribution in [3.05, 3.63) is 24.2 Å². The van der Waals surface area contributed by atoms with Gasteiger partial charge in [-0.05, 0) is 6.07 Å². The van der Waals surface area contributed by atoms with E-state index in [0.717, 1.165) is 5.56 Å².